The number of hydrogen-bond donors (Lipinski definition) is 2. The highest BCUT2D eigenvalue weighted by atomic mass is 16.6. The molecule has 4 aromatic rings. The van der Waals surface area contributed by atoms with Crippen molar-refractivity contribution in [1.82, 2.24) is 20.2 Å². The van der Waals surface area contributed by atoms with Crippen LogP contribution in [0.3, 0.4) is 0 Å². The monoisotopic (exact) mass is 551 g/mol. The molecule has 0 unspecified atom stereocenters. The minimum Gasteiger partial charge on any atom is -0.444 e. The predicted molar refractivity (Wildman–Crippen MR) is 155 cm³/mol. The first-order chi connectivity index (χ1) is 19.7. The summed E-state index contributed by atoms with van der Waals surface area (Å²) in [5, 5.41) is 5.71. The van der Waals surface area contributed by atoms with Crippen molar-refractivity contribution in [1.29, 1.82) is 0 Å². The molecule has 2 aromatic carbocycles. The third kappa shape index (κ3) is 6.63. The number of pyridine rings is 1. The number of rotatable bonds is 6. The molecular weight excluding hydrogens is 518 g/mol. The number of ether oxygens (including phenoxy) is 1. The first-order valence-electron chi connectivity index (χ1n) is 13.5. The lowest BCUT2D eigenvalue weighted by atomic mass is 10.1. The predicted octanol–water partition coefficient (Wildman–Crippen LogP) is 5.05. The van der Waals surface area contributed by atoms with Crippen molar-refractivity contribution >= 4 is 23.6 Å². The summed E-state index contributed by atoms with van der Waals surface area (Å²) in [5.41, 5.74) is 4.85. The summed E-state index contributed by atoms with van der Waals surface area (Å²) in [6, 6.07) is 22.4. The maximum absolute atomic E-state index is 13.8. The van der Waals surface area contributed by atoms with Crippen LogP contribution in [0.25, 0.3) is 0 Å². The molecule has 9 nitrogen and oxygen atoms in total. The Balaban J connectivity index is 1.33. The third-order valence-corrected chi connectivity index (χ3v) is 6.69. The van der Waals surface area contributed by atoms with E-state index in [2.05, 4.69) is 15.6 Å². The van der Waals surface area contributed by atoms with Gasteiger partial charge >= 0.3 is 6.09 Å². The highest BCUT2D eigenvalue weighted by molar-refractivity contribution is 6.06. The van der Waals surface area contributed by atoms with Gasteiger partial charge in [0, 0.05) is 42.4 Å². The lowest BCUT2D eigenvalue weighted by Crippen LogP contribution is -2.32. The molecule has 0 atom stereocenters. The fraction of sp³-hybridized carbons (Fsp3) is 0.250. The first kappa shape index (κ1) is 27.6. The van der Waals surface area contributed by atoms with Crippen molar-refractivity contribution in [2.75, 3.05) is 4.90 Å². The van der Waals surface area contributed by atoms with E-state index >= 15 is 0 Å². The molecular formula is C32H33N5O4. The Hall–Kier alpha value is -4.92. The summed E-state index contributed by atoms with van der Waals surface area (Å²) in [6.07, 6.45) is 2.93. The molecule has 9 heteroatoms. The number of benzene rings is 2. The summed E-state index contributed by atoms with van der Waals surface area (Å²) < 4.78 is 7.25. The maximum atomic E-state index is 13.8. The molecule has 1 aliphatic rings. The summed E-state index contributed by atoms with van der Waals surface area (Å²) >= 11 is 0. The molecule has 0 fully saturated rings. The second kappa shape index (κ2) is 11.7. The van der Waals surface area contributed by atoms with Gasteiger partial charge in [-0.1, -0.05) is 36.4 Å². The SMILES string of the molecule is CC(C)(C)OC(=O)NCc1ccc(C(=O)N2Cc3ccc(C(=O)NCc4cccnc4)n3Cc3ccccc32)cc1. The van der Waals surface area contributed by atoms with Crippen LogP contribution in [0.4, 0.5) is 10.5 Å². The van der Waals surface area contributed by atoms with E-state index in [9.17, 15) is 14.4 Å². The molecule has 2 N–H and O–H groups in total. The molecule has 0 saturated heterocycles. The van der Waals surface area contributed by atoms with Crippen molar-refractivity contribution in [2.45, 2.75) is 52.6 Å². The number of anilines is 1. The smallest absolute Gasteiger partial charge is 0.407 e. The van der Waals surface area contributed by atoms with Crippen LogP contribution in [-0.2, 0) is 30.9 Å². The van der Waals surface area contributed by atoms with Gasteiger partial charge in [-0.3, -0.25) is 14.6 Å². The molecule has 3 heterocycles. The Kier molecular flexibility index (Phi) is 7.87. The van der Waals surface area contributed by atoms with E-state index in [4.69, 9.17) is 4.74 Å². The van der Waals surface area contributed by atoms with Crippen molar-refractivity contribution in [3.63, 3.8) is 0 Å². The van der Waals surface area contributed by atoms with Gasteiger partial charge in [-0.25, -0.2) is 4.79 Å². The number of alkyl carbamates (subject to hydrolysis) is 1. The Morgan fingerprint density at radius 3 is 2.34 bits per heavy atom. The fourth-order valence-corrected chi connectivity index (χ4v) is 4.72. The van der Waals surface area contributed by atoms with E-state index in [1.165, 1.54) is 0 Å². The summed E-state index contributed by atoms with van der Waals surface area (Å²) in [7, 11) is 0. The molecule has 0 bridgehead atoms. The van der Waals surface area contributed by atoms with Crippen molar-refractivity contribution in [2.24, 2.45) is 0 Å². The first-order valence-corrected chi connectivity index (χ1v) is 13.5. The normalized spacial score (nSPS) is 12.5. The van der Waals surface area contributed by atoms with Crippen LogP contribution in [0.5, 0.6) is 0 Å². The largest absolute Gasteiger partial charge is 0.444 e. The highest BCUT2D eigenvalue weighted by Crippen LogP contribution is 2.30. The van der Waals surface area contributed by atoms with Gasteiger partial charge in [0.25, 0.3) is 11.8 Å². The van der Waals surface area contributed by atoms with Crippen molar-refractivity contribution in [3.05, 3.63) is 119 Å². The van der Waals surface area contributed by atoms with E-state index in [0.29, 0.717) is 30.9 Å². The zero-order valence-corrected chi connectivity index (χ0v) is 23.4. The average molecular weight is 552 g/mol. The Bertz CT molecular complexity index is 1560. The standard InChI is InChI=1S/C32H33N5O4/c1-32(2,3)41-31(40)35-18-22-10-12-24(13-11-22)30(39)37-21-26-14-15-28(29(38)34-19-23-7-6-16-33-17-23)36(26)20-25-8-4-5-9-27(25)37/h4-17H,18-21H2,1-3H3,(H,34,38)(H,35,40). The molecule has 41 heavy (non-hydrogen) atoms. The number of carbonyl (C=O) groups is 3. The van der Waals surface area contributed by atoms with Crippen LogP contribution in [0, 0.1) is 0 Å². The number of amides is 3. The summed E-state index contributed by atoms with van der Waals surface area (Å²) in [5.74, 6) is -0.339. The number of nitrogens with zero attached hydrogens (tertiary/aromatic N) is 3. The topological polar surface area (TPSA) is 106 Å². The third-order valence-electron chi connectivity index (χ3n) is 6.69. The van der Waals surface area contributed by atoms with Gasteiger partial charge in [0.05, 0.1) is 13.1 Å². The number of fused-ring (bicyclic) bond motifs is 2. The van der Waals surface area contributed by atoms with Crippen LogP contribution in [0.2, 0.25) is 0 Å². The Morgan fingerprint density at radius 2 is 1.61 bits per heavy atom. The highest BCUT2D eigenvalue weighted by Gasteiger charge is 2.27. The maximum Gasteiger partial charge on any atom is 0.407 e. The van der Waals surface area contributed by atoms with Gasteiger partial charge in [-0.05, 0) is 73.9 Å². The molecule has 1 aliphatic heterocycles. The lowest BCUT2D eigenvalue weighted by Gasteiger charge is -2.23. The van der Waals surface area contributed by atoms with Crippen molar-refractivity contribution in [3.8, 4) is 0 Å². The molecule has 0 radical (unpaired) electrons. The number of para-hydroxylation sites is 1. The van der Waals surface area contributed by atoms with Gasteiger partial charge < -0.3 is 24.8 Å². The number of nitrogens with one attached hydrogen (secondary N) is 2. The second-order valence-corrected chi connectivity index (χ2v) is 10.9. The molecule has 0 saturated carbocycles. The van der Waals surface area contributed by atoms with Gasteiger partial charge in [0.1, 0.15) is 11.3 Å². The van der Waals surface area contributed by atoms with Gasteiger partial charge in [-0.2, -0.15) is 0 Å². The molecule has 0 aliphatic carbocycles. The minimum atomic E-state index is -0.575. The number of carbonyl (C=O) groups excluding carboxylic acids is 3. The number of hydrogen-bond acceptors (Lipinski definition) is 5. The van der Waals surface area contributed by atoms with Gasteiger partial charge in [0.2, 0.25) is 0 Å². The zero-order chi connectivity index (χ0) is 29.0. The Morgan fingerprint density at radius 1 is 0.854 bits per heavy atom. The van der Waals surface area contributed by atoms with E-state index < -0.39 is 11.7 Å². The van der Waals surface area contributed by atoms with Crippen LogP contribution in [0.15, 0.2) is 85.2 Å². The Labute approximate surface area is 239 Å². The van der Waals surface area contributed by atoms with Gasteiger partial charge in [-0.15, -0.1) is 0 Å². The van der Waals surface area contributed by atoms with Crippen LogP contribution >= 0.6 is 0 Å². The van der Waals surface area contributed by atoms with E-state index in [0.717, 1.165) is 28.1 Å². The quantitative estimate of drug-likeness (QED) is 0.349. The molecule has 0 spiro atoms. The lowest BCUT2D eigenvalue weighted by molar-refractivity contribution is 0.0523. The van der Waals surface area contributed by atoms with Gasteiger partial charge in [0.15, 0.2) is 0 Å². The molecule has 210 valence electrons. The van der Waals surface area contributed by atoms with E-state index in [1.54, 1.807) is 35.5 Å². The summed E-state index contributed by atoms with van der Waals surface area (Å²) in [6.45, 7) is 6.87. The van der Waals surface area contributed by atoms with E-state index in [-0.39, 0.29) is 18.4 Å². The van der Waals surface area contributed by atoms with Crippen LogP contribution in [-0.4, -0.2) is 33.1 Å². The molecule has 2 aromatic heterocycles. The minimum absolute atomic E-state index is 0.152. The zero-order valence-electron chi connectivity index (χ0n) is 23.4. The summed E-state index contributed by atoms with van der Waals surface area (Å²) in [4.78, 5) is 44.8. The molecule has 3 amide bonds. The molecule has 5 rings (SSSR count). The average Bonchev–Trinajstić information content (AvgIpc) is 3.27. The number of aromatic nitrogens is 2. The van der Waals surface area contributed by atoms with Crippen LogP contribution < -0.4 is 15.5 Å². The van der Waals surface area contributed by atoms with Crippen LogP contribution in [0.1, 0.15) is 64.0 Å². The second-order valence-electron chi connectivity index (χ2n) is 10.9. The van der Waals surface area contributed by atoms with Crippen molar-refractivity contribution < 1.29 is 19.1 Å². The fourth-order valence-electron chi connectivity index (χ4n) is 4.72. The van der Waals surface area contributed by atoms with E-state index in [1.807, 2.05) is 79.9 Å².